The number of aromatic nitrogens is 4. The first-order chi connectivity index (χ1) is 55.4. The van der Waals surface area contributed by atoms with E-state index < -0.39 is 0 Å². The predicted octanol–water partition coefficient (Wildman–Crippen LogP) is 22.3. The molecule has 30 atom stereocenters. The Balaban J connectivity index is 0.000000101. The Morgan fingerprint density at radius 1 is 0.345 bits per heavy atom. The van der Waals surface area contributed by atoms with Crippen molar-refractivity contribution in [2.24, 2.45) is 154 Å². The maximum atomic E-state index is 12.4. The predicted molar refractivity (Wildman–Crippen MR) is 473 cm³/mol. The molecule has 2 aromatic rings. The molecule has 0 radical (unpaired) electrons. The Bertz CT molecular complexity index is 4230. The molecule has 20 aliphatic rings. The second-order valence-corrected chi connectivity index (χ2v) is 46.0. The van der Waals surface area contributed by atoms with Crippen LogP contribution in [-0.4, -0.2) is 87.5 Å². The molecule has 22 rings (SSSR count). The van der Waals surface area contributed by atoms with E-state index in [2.05, 4.69) is 165 Å². The molecule has 0 aliphatic heterocycles. The smallest absolute Gasteiger partial charge is 0.139 e. The van der Waals surface area contributed by atoms with E-state index >= 15 is 0 Å². The number of nitrogens with two attached hydrogens (primary N) is 1. The van der Waals surface area contributed by atoms with Crippen molar-refractivity contribution in [2.75, 3.05) is 0 Å². The summed E-state index contributed by atoms with van der Waals surface area (Å²) in [7, 11) is 0. The van der Waals surface area contributed by atoms with Crippen molar-refractivity contribution >= 4 is 45.2 Å². The first-order valence-electron chi connectivity index (χ1n) is 47.4. The highest BCUT2D eigenvalue weighted by molar-refractivity contribution is 14.1. The van der Waals surface area contributed by atoms with Crippen molar-refractivity contribution in [2.45, 2.75) is 337 Å². The number of ketones is 1. The van der Waals surface area contributed by atoms with E-state index in [4.69, 9.17) is 5.84 Å². The number of aliphatic hydroxyl groups is 5. The molecule has 12 nitrogen and oxygen atoms in total. The van der Waals surface area contributed by atoms with Crippen LogP contribution >= 0.6 is 22.6 Å². The minimum Gasteiger partial charge on any atom is -0.393 e. The maximum Gasteiger partial charge on any atom is 0.139 e. The molecule has 0 aromatic carbocycles. The second-order valence-electron chi connectivity index (χ2n) is 44.8. The first-order valence-corrected chi connectivity index (χ1v) is 48.5. The van der Waals surface area contributed by atoms with E-state index in [9.17, 15) is 30.3 Å². The highest BCUT2D eigenvalue weighted by Crippen LogP contribution is 2.72. The SMILES string of the molecule is C[C@]12CC[C@H](O)CC1=CCC1C2CC[C@]2(C)/C(=N\N)CCC12.C[C@]12CC[C@H](O)CC1=CCC1C2CC[C@]2(C)C(=O)CCC12.C[C@]12CC[C@H](O)CC1=CCC1C2CC[C@]2(C)C(I)=CCC12.C[C@]12CC[C@H](O)CC1=CCC1C2CC[C@]2(C)C(c3cnccn3)=CCC12.C[C@]12CC[C@H](O)CC1=CCC1C2CC[C@]2(C)C(c3cncnc3)=CCC12. The van der Waals surface area contributed by atoms with Crippen molar-refractivity contribution in [3.8, 4) is 0 Å². The zero-order chi connectivity index (χ0) is 81.1. The molecular formula is C103H145IN6O6. The van der Waals surface area contributed by atoms with Crippen LogP contribution in [0.25, 0.3) is 11.1 Å². The van der Waals surface area contributed by atoms with Gasteiger partial charge in [-0.3, -0.25) is 14.8 Å². The molecule has 0 bridgehead atoms. The summed E-state index contributed by atoms with van der Waals surface area (Å²) in [5.74, 6) is 17.8. The lowest BCUT2D eigenvalue weighted by Gasteiger charge is -2.57. The second kappa shape index (κ2) is 30.9. The van der Waals surface area contributed by atoms with Crippen molar-refractivity contribution in [1.82, 2.24) is 19.9 Å². The summed E-state index contributed by atoms with van der Waals surface area (Å²) in [5, 5.41) is 54.5. The molecule has 630 valence electrons. The molecular weight excluding hydrogens is 1540 g/mol. The number of fused-ring (bicyclic) bond motifs is 25. The molecule has 0 saturated heterocycles. The first kappa shape index (κ1) is 82.7. The maximum absolute atomic E-state index is 12.4. The number of nitrogens with zero attached hydrogens (tertiary/aromatic N) is 5. The lowest BCUT2D eigenvalue weighted by Crippen LogP contribution is -2.50. The Kier molecular flexibility index (Phi) is 22.0. The van der Waals surface area contributed by atoms with Crippen LogP contribution in [0.15, 0.2) is 122 Å². The zero-order valence-corrected chi connectivity index (χ0v) is 74.8. The average Bonchev–Trinajstić information content (AvgIpc) is 1.44. The van der Waals surface area contributed by atoms with Gasteiger partial charge in [0.15, 0.2) is 0 Å². The van der Waals surface area contributed by atoms with Crippen molar-refractivity contribution in [3.63, 3.8) is 0 Å². The lowest BCUT2D eigenvalue weighted by molar-refractivity contribution is -0.132. The number of hydrazone groups is 1. The van der Waals surface area contributed by atoms with Gasteiger partial charge in [-0.15, -0.1) is 0 Å². The molecule has 0 amide bonds. The fourth-order valence-electron chi connectivity index (χ4n) is 33.4. The van der Waals surface area contributed by atoms with Gasteiger partial charge in [-0.1, -0.05) is 146 Å². The Morgan fingerprint density at radius 2 is 0.672 bits per heavy atom. The molecule has 15 unspecified atom stereocenters. The van der Waals surface area contributed by atoms with Crippen molar-refractivity contribution in [1.29, 1.82) is 0 Å². The van der Waals surface area contributed by atoms with E-state index in [1.54, 1.807) is 38.4 Å². The van der Waals surface area contributed by atoms with Gasteiger partial charge < -0.3 is 31.4 Å². The van der Waals surface area contributed by atoms with Crippen LogP contribution in [0.1, 0.15) is 318 Å². The quantitative estimate of drug-likeness (QED) is 0.0721. The standard InChI is InChI=1S/2C23H30N2O.C19H27IO.C19H30N2O.C19H28O2/c1-22-9-7-17(26)11-16(22)3-4-18-20-6-5-19(15-12-24-14-25-13-15)23(20,2)10-8-21(18)22;1-22-9-7-16(26)13-15(22)3-4-17-18-5-6-20(21-14-24-11-12-25-21)23(18,2)10-8-19(17)22;1-18-9-7-13(21)11-12(18)3-4-14-15-5-6-17(20)19(15,2)10-8-16(14)18;1-18-9-7-13(22)11-12(18)3-4-14-15-5-6-17(21-20)19(15,2)10-8-16(14)18;1-18-9-7-13(20)11-12(18)3-4-14-15-5-6-17(21)19(15,2)10-8-16(14)18/h3,5,12-14,17-18,20-21,26H,4,6-11H2,1-2H3;3,6,11-12,14,16-19,26H,4-5,7-10,13H2,1-2H3;3,6,13-16,21H,4-5,7-11H2,1-2H3;3,13-16,22H,4-11,20H2,1-2H3;3,13-16,20H,4-11H2,1-2H3/b;;;21-17-;/t17-,18?,20?,21?,22-,23+;16-,17?,18?,19?,22-,23-;3*13-,14?,15?,16?,18-,19-/m00000/s1. The van der Waals surface area contributed by atoms with Gasteiger partial charge in [0.1, 0.15) is 12.1 Å². The van der Waals surface area contributed by atoms with Crippen molar-refractivity contribution < 1.29 is 30.3 Å². The summed E-state index contributed by atoms with van der Waals surface area (Å²) in [6.07, 6.45) is 72.6. The number of aliphatic hydroxyl groups excluding tert-OH is 5. The van der Waals surface area contributed by atoms with Gasteiger partial charge >= 0.3 is 0 Å². The molecule has 13 heteroatoms. The van der Waals surface area contributed by atoms with Gasteiger partial charge in [0.2, 0.25) is 0 Å². The van der Waals surface area contributed by atoms with Gasteiger partial charge in [-0.2, -0.15) is 5.10 Å². The number of carbonyl (C=O) groups is 1. The molecule has 20 aliphatic carbocycles. The van der Waals surface area contributed by atoms with Crippen molar-refractivity contribution in [3.05, 3.63) is 129 Å². The Labute approximate surface area is 710 Å². The normalized spacial score (nSPS) is 48.9. The number of carbonyl (C=O) groups excluding carboxylic acids is 1. The van der Waals surface area contributed by atoms with Crippen LogP contribution in [0, 0.1) is 143 Å². The molecule has 116 heavy (non-hydrogen) atoms. The number of rotatable bonds is 2. The molecule has 2 aromatic heterocycles. The van der Waals surface area contributed by atoms with Gasteiger partial charge in [-0.25, -0.2) is 9.97 Å². The topological polar surface area (TPSA) is 208 Å². The largest absolute Gasteiger partial charge is 0.393 e. The highest BCUT2D eigenvalue weighted by Gasteiger charge is 2.64. The number of hydrogen-bond donors (Lipinski definition) is 6. The molecule has 12 fully saturated rings. The minimum atomic E-state index is -0.122. The third kappa shape index (κ3) is 13.4. The molecule has 12 saturated carbocycles. The number of allylic oxidation sites excluding steroid dienone is 11. The minimum absolute atomic E-state index is 0.0168. The molecule has 2 heterocycles. The van der Waals surface area contributed by atoms with Crippen LogP contribution in [0.2, 0.25) is 0 Å². The summed E-state index contributed by atoms with van der Waals surface area (Å²) < 4.78 is 1.63. The van der Waals surface area contributed by atoms with Crippen LogP contribution in [0.5, 0.6) is 0 Å². The van der Waals surface area contributed by atoms with E-state index in [-0.39, 0.29) is 52.2 Å². The summed E-state index contributed by atoms with van der Waals surface area (Å²) in [6, 6.07) is 0. The van der Waals surface area contributed by atoms with Crippen LogP contribution in [-0.2, 0) is 4.79 Å². The van der Waals surface area contributed by atoms with Crippen LogP contribution in [0.3, 0.4) is 0 Å². The lowest BCUT2D eigenvalue weighted by atomic mass is 9.47. The molecule has 0 spiro atoms. The summed E-state index contributed by atoms with van der Waals surface area (Å²) in [6.45, 7) is 24.6. The average molecular weight is 1690 g/mol. The fourth-order valence-corrected chi connectivity index (χ4v) is 34.3. The summed E-state index contributed by atoms with van der Waals surface area (Å²) >= 11 is 2.60. The van der Waals surface area contributed by atoms with Gasteiger partial charge in [-0.05, 0) is 395 Å². The highest BCUT2D eigenvalue weighted by atomic mass is 127. The van der Waals surface area contributed by atoms with E-state index in [1.807, 2.05) is 24.8 Å². The molecule has 7 N–H and O–H groups in total. The van der Waals surface area contributed by atoms with E-state index in [0.717, 1.165) is 198 Å². The number of hydrogen-bond acceptors (Lipinski definition) is 12. The number of halogens is 1. The van der Waals surface area contributed by atoms with E-state index in [0.29, 0.717) is 50.1 Å². The van der Waals surface area contributed by atoms with Gasteiger partial charge in [0, 0.05) is 58.7 Å². The van der Waals surface area contributed by atoms with Crippen LogP contribution in [0.4, 0.5) is 0 Å². The van der Waals surface area contributed by atoms with Crippen LogP contribution < -0.4 is 5.84 Å². The van der Waals surface area contributed by atoms with E-state index in [1.165, 1.54) is 150 Å². The Hall–Kier alpha value is -4.25. The van der Waals surface area contributed by atoms with Gasteiger partial charge in [0.25, 0.3) is 0 Å². The Morgan fingerprint density at radius 3 is 1.08 bits per heavy atom. The zero-order valence-electron chi connectivity index (χ0n) is 72.6. The third-order valence-corrected chi connectivity index (χ3v) is 42.0. The number of Topliss-reactive ketones (excluding diaryl/α,β-unsaturated/α-hetero) is 1. The third-order valence-electron chi connectivity index (χ3n) is 40.4. The van der Waals surface area contributed by atoms with Gasteiger partial charge in [0.05, 0.1) is 42.4 Å². The summed E-state index contributed by atoms with van der Waals surface area (Å²) in [5.41, 5.74) is 17.2. The fraction of sp³-hybridized carbons (Fsp3) is 0.748. The monoisotopic (exact) mass is 1690 g/mol. The summed E-state index contributed by atoms with van der Waals surface area (Å²) in [4.78, 5) is 29.8.